The molecule has 2 aromatic carbocycles. The number of rotatable bonds is 7. The highest BCUT2D eigenvalue weighted by Crippen LogP contribution is 2.20. The molecule has 7 nitrogen and oxygen atoms in total. The van der Waals surface area contributed by atoms with Crippen LogP contribution < -0.4 is 5.56 Å². The molecule has 1 aliphatic rings. The zero-order valence-electron chi connectivity index (χ0n) is 18.7. The number of ether oxygens (including phenoxy) is 1. The van der Waals surface area contributed by atoms with E-state index in [1.165, 1.54) is 12.7 Å². The summed E-state index contributed by atoms with van der Waals surface area (Å²) in [6, 6.07) is 15.4. The number of nitrogens with zero attached hydrogens (tertiary/aromatic N) is 3. The third kappa shape index (κ3) is 5.41. The van der Waals surface area contributed by atoms with Crippen LogP contribution in [0.3, 0.4) is 0 Å². The number of esters is 1. The van der Waals surface area contributed by atoms with E-state index in [1.807, 2.05) is 0 Å². The molecule has 1 fully saturated rings. The molecule has 0 amide bonds. The molecular formula is C25H30N4O3. The minimum absolute atomic E-state index is 0.182. The van der Waals surface area contributed by atoms with Crippen molar-refractivity contribution in [2.75, 3.05) is 33.8 Å². The van der Waals surface area contributed by atoms with Crippen LogP contribution >= 0.6 is 0 Å². The summed E-state index contributed by atoms with van der Waals surface area (Å²) in [5.74, 6) is 0.866. The van der Waals surface area contributed by atoms with Crippen molar-refractivity contribution in [3.8, 4) is 0 Å². The van der Waals surface area contributed by atoms with Crippen molar-refractivity contribution < 1.29 is 9.53 Å². The van der Waals surface area contributed by atoms with Gasteiger partial charge in [0.1, 0.15) is 5.82 Å². The molecule has 0 aliphatic carbocycles. The van der Waals surface area contributed by atoms with Gasteiger partial charge in [0.2, 0.25) is 0 Å². The van der Waals surface area contributed by atoms with Crippen LogP contribution in [0.15, 0.2) is 53.3 Å². The number of carbonyl (C=O) groups excluding carboxylic acids is 1. The fraction of sp³-hybridized carbons (Fsp3) is 0.400. The summed E-state index contributed by atoms with van der Waals surface area (Å²) in [5.41, 5.74) is 2.07. The molecule has 4 rings (SSSR count). The summed E-state index contributed by atoms with van der Waals surface area (Å²) in [6.07, 6.45) is 2.26. The van der Waals surface area contributed by atoms with Gasteiger partial charge in [0.25, 0.3) is 5.56 Å². The van der Waals surface area contributed by atoms with Gasteiger partial charge < -0.3 is 14.6 Å². The van der Waals surface area contributed by atoms with Crippen molar-refractivity contribution in [1.29, 1.82) is 0 Å². The van der Waals surface area contributed by atoms with E-state index in [4.69, 9.17) is 4.74 Å². The second-order valence-corrected chi connectivity index (χ2v) is 8.64. The first-order valence-electron chi connectivity index (χ1n) is 11.1. The Morgan fingerprint density at radius 3 is 2.66 bits per heavy atom. The number of carbonyl (C=O) groups is 1. The van der Waals surface area contributed by atoms with Crippen LogP contribution in [0.2, 0.25) is 0 Å². The Morgan fingerprint density at radius 1 is 1.19 bits per heavy atom. The van der Waals surface area contributed by atoms with Gasteiger partial charge in [-0.15, -0.1) is 0 Å². The molecule has 168 valence electrons. The Labute approximate surface area is 188 Å². The number of aromatic amines is 1. The Bertz CT molecular complexity index is 1120. The van der Waals surface area contributed by atoms with Crippen LogP contribution in [-0.2, 0) is 17.8 Å². The Hall–Kier alpha value is -3.03. The van der Waals surface area contributed by atoms with Gasteiger partial charge in [0, 0.05) is 13.1 Å². The zero-order valence-corrected chi connectivity index (χ0v) is 18.7. The van der Waals surface area contributed by atoms with Crippen LogP contribution in [-0.4, -0.2) is 59.5 Å². The third-order valence-electron chi connectivity index (χ3n) is 6.12. The monoisotopic (exact) mass is 434 g/mol. The molecule has 1 aromatic heterocycles. The van der Waals surface area contributed by atoms with Crippen LogP contribution in [0, 0.1) is 5.92 Å². The van der Waals surface area contributed by atoms with Gasteiger partial charge in [0.15, 0.2) is 0 Å². The number of piperidine rings is 1. The van der Waals surface area contributed by atoms with E-state index in [1.54, 1.807) is 18.2 Å². The number of hydrogen-bond acceptors (Lipinski definition) is 6. The fourth-order valence-corrected chi connectivity index (χ4v) is 4.45. The Morgan fingerprint density at radius 2 is 1.94 bits per heavy atom. The maximum atomic E-state index is 12.5. The van der Waals surface area contributed by atoms with Crippen LogP contribution in [0.25, 0.3) is 10.9 Å². The summed E-state index contributed by atoms with van der Waals surface area (Å²) in [6.45, 7) is 4.61. The second kappa shape index (κ2) is 10.1. The molecule has 1 saturated heterocycles. The lowest BCUT2D eigenvalue weighted by atomic mass is 9.96. The molecule has 3 aromatic rings. The van der Waals surface area contributed by atoms with E-state index in [-0.39, 0.29) is 5.56 Å². The highest BCUT2D eigenvalue weighted by atomic mass is 16.5. The number of hydrogen-bond donors (Lipinski definition) is 1. The predicted molar refractivity (Wildman–Crippen MR) is 124 cm³/mol. The third-order valence-corrected chi connectivity index (χ3v) is 6.12. The molecule has 32 heavy (non-hydrogen) atoms. The summed E-state index contributed by atoms with van der Waals surface area (Å²) in [4.78, 5) is 36.5. The van der Waals surface area contributed by atoms with Gasteiger partial charge in [-0.3, -0.25) is 9.69 Å². The average Bonchev–Trinajstić information content (AvgIpc) is 2.80. The van der Waals surface area contributed by atoms with Crippen molar-refractivity contribution in [3.63, 3.8) is 0 Å². The van der Waals surface area contributed by atoms with Gasteiger partial charge in [-0.2, -0.15) is 0 Å². The summed E-state index contributed by atoms with van der Waals surface area (Å²) in [7, 11) is 3.53. The summed E-state index contributed by atoms with van der Waals surface area (Å²) < 4.78 is 4.77. The zero-order chi connectivity index (χ0) is 22.5. The normalized spacial score (nSPS) is 15.3. The van der Waals surface area contributed by atoms with Crippen molar-refractivity contribution >= 4 is 16.9 Å². The Balaban J connectivity index is 1.34. The molecule has 7 heteroatoms. The molecule has 0 bridgehead atoms. The van der Waals surface area contributed by atoms with Gasteiger partial charge >= 0.3 is 5.97 Å². The molecule has 0 saturated carbocycles. The van der Waals surface area contributed by atoms with Crippen LogP contribution in [0.4, 0.5) is 0 Å². The van der Waals surface area contributed by atoms with E-state index < -0.39 is 5.97 Å². The molecule has 0 radical (unpaired) electrons. The number of fused-ring (bicyclic) bond motifs is 1. The molecule has 1 N–H and O–H groups in total. The average molecular weight is 435 g/mol. The molecule has 0 unspecified atom stereocenters. The van der Waals surface area contributed by atoms with E-state index in [2.05, 4.69) is 57.1 Å². The van der Waals surface area contributed by atoms with Crippen LogP contribution in [0.1, 0.15) is 34.6 Å². The lowest BCUT2D eigenvalue weighted by Gasteiger charge is -2.33. The Kier molecular flexibility index (Phi) is 6.97. The van der Waals surface area contributed by atoms with Crippen molar-refractivity contribution in [1.82, 2.24) is 19.8 Å². The van der Waals surface area contributed by atoms with E-state index in [0.717, 1.165) is 39.0 Å². The fourth-order valence-electron chi connectivity index (χ4n) is 4.45. The van der Waals surface area contributed by atoms with Crippen LogP contribution in [0.5, 0.6) is 0 Å². The maximum absolute atomic E-state index is 12.5. The number of H-pyrrole nitrogens is 1. The number of likely N-dealkylation sites (tertiary alicyclic amines) is 1. The van der Waals surface area contributed by atoms with Crippen molar-refractivity contribution in [2.24, 2.45) is 5.92 Å². The predicted octanol–water partition coefficient (Wildman–Crippen LogP) is 3.05. The quantitative estimate of drug-likeness (QED) is 0.576. The van der Waals surface area contributed by atoms with Crippen molar-refractivity contribution in [2.45, 2.75) is 25.9 Å². The first kappa shape index (κ1) is 22.2. The maximum Gasteiger partial charge on any atom is 0.337 e. The molecule has 2 heterocycles. The summed E-state index contributed by atoms with van der Waals surface area (Å²) in [5, 5.41) is 0.474. The molecule has 0 atom stereocenters. The summed E-state index contributed by atoms with van der Waals surface area (Å²) >= 11 is 0. The van der Waals surface area contributed by atoms with E-state index in [0.29, 0.717) is 34.8 Å². The topological polar surface area (TPSA) is 78.5 Å². The standard InChI is InChI=1S/C25H30N4O3/c1-28(15-18-6-4-3-5-7-18)16-19-10-12-29(13-11-19)17-23-26-22-14-20(25(31)32-2)8-9-21(22)24(30)27-23/h3-9,14,19H,10-13,15-17H2,1-2H3,(H,26,27,30). The molecule has 0 spiro atoms. The first-order valence-corrected chi connectivity index (χ1v) is 11.1. The van der Waals surface area contributed by atoms with Gasteiger partial charge in [-0.05, 0) is 62.7 Å². The number of benzene rings is 2. The smallest absolute Gasteiger partial charge is 0.337 e. The van der Waals surface area contributed by atoms with E-state index in [9.17, 15) is 9.59 Å². The minimum atomic E-state index is -0.435. The molecule has 1 aliphatic heterocycles. The highest BCUT2D eigenvalue weighted by molar-refractivity contribution is 5.93. The number of aromatic nitrogens is 2. The highest BCUT2D eigenvalue weighted by Gasteiger charge is 2.21. The lowest BCUT2D eigenvalue weighted by molar-refractivity contribution is 0.0601. The lowest BCUT2D eigenvalue weighted by Crippen LogP contribution is -2.38. The van der Waals surface area contributed by atoms with Gasteiger partial charge in [0.05, 0.1) is 30.1 Å². The molecular weight excluding hydrogens is 404 g/mol. The van der Waals surface area contributed by atoms with Gasteiger partial charge in [-0.1, -0.05) is 30.3 Å². The van der Waals surface area contributed by atoms with Gasteiger partial charge in [-0.25, -0.2) is 9.78 Å². The SMILES string of the molecule is COC(=O)c1ccc2c(=O)[nH]c(CN3CCC(CN(C)Cc4ccccc4)CC3)nc2c1. The van der Waals surface area contributed by atoms with E-state index >= 15 is 0 Å². The number of methoxy groups -OCH3 is 1. The minimum Gasteiger partial charge on any atom is -0.465 e. The second-order valence-electron chi connectivity index (χ2n) is 8.64. The number of nitrogens with one attached hydrogen (secondary N) is 1. The first-order chi connectivity index (χ1) is 15.5. The largest absolute Gasteiger partial charge is 0.465 e. The van der Waals surface area contributed by atoms with Crippen molar-refractivity contribution in [3.05, 3.63) is 75.8 Å².